The minimum Gasteiger partial charge on any atom is -0.372 e. The fourth-order valence-electron chi connectivity index (χ4n) is 2.15. The van der Waals surface area contributed by atoms with E-state index in [4.69, 9.17) is 11.6 Å². The number of carbonyl (C=O) groups excluding carboxylic acids is 1. The second kappa shape index (κ2) is 8.76. The topological polar surface area (TPSA) is 56.1 Å². The summed E-state index contributed by atoms with van der Waals surface area (Å²) in [6, 6.07) is 18.7. The number of amides is 1. The summed E-state index contributed by atoms with van der Waals surface area (Å²) >= 11 is 5.90. The molecule has 122 valence electrons. The van der Waals surface area contributed by atoms with E-state index in [9.17, 15) is 10.1 Å². The van der Waals surface area contributed by atoms with Gasteiger partial charge in [-0.3, -0.25) is 4.79 Å². The van der Waals surface area contributed by atoms with Crippen LogP contribution in [0, 0.1) is 11.3 Å². The van der Waals surface area contributed by atoms with Gasteiger partial charge >= 0.3 is 0 Å². The normalized spacial score (nSPS) is 10.8. The average molecular weight is 340 g/mol. The zero-order valence-electron chi connectivity index (χ0n) is 13.4. The molecule has 5 heteroatoms. The maximum atomic E-state index is 12.3. The van der Waals surface area contributed by atoms with E-state index in [2.05, 4.69) is 5.32 Å². The first-order valence-electron chi connectivity index (χ1n) is 7.59. The van der Waals surface area contributed by atoms with Crippen molar-refractivity contribution < 1.29 is 4.79 Å². The Labute approximate surface area is 147 Å². The van der Waals surface area contributed by atoms with Crippen molar-refractivity contribution in [1.82, 2.24) is 4.90 Å². The van der Waals surface area contributed by atoms with Crippen LogP contribution in [-0.4, -0.2) is 17.4 Å². The lowest BCUT2D eigenvalue weighted by Gasteiger charge is -2.19. The molecule has 0 aliphatic carbocycles. The first-order valence-corrected chi connectivity index (χ1v) is 7.97. The minimum atomic E-state index is -0.453. The Bertz CT molecular complexity index is 766. The third-order valence-electron chi connectivity index (χ3n) is 3.39. The van der Waals surface area contributed by atoms with Crippen LogP contribution in [-0.2, 0) is 11.3 Å². The quantitative estimate of drug-likeness (QED) is 0.633. The first kappa shape index (κ1) is 17.6. The van der Waals surface area contributed by atoms with E-state index in [1.807, 2.05) is 48.2 Å². The molecule has 2 aromatic carbocycles. The van der Waals surface area contributed by atoms with Gasteiger partial charge in [0.1, 0.15) is 11.6 Å². The highest BCUT2D eigenvalue weighted by Crippen LogP contribution is 2.16. The van der Waals surface area contributed by atoms with Gasteiger partial charge in [0.2, 0.25) is 0 Å². The van der Waals surface area contributed by atoms with Crippen LogP contribution in [0.4, 0.5) is 5.69 Å². The highest BCUT2D eigenvalue weighted by atomic mass is 35.5. The van der Waals surface area contributed by atoms with Crippen LogP contribution in [0.25, 0.3) is 0 Å². The molecule has 24 heavy (non-hydrogen) atoms. The van der Waals surface area contributed by atoms with Crippen molar-refractivity contribution in [1.29, 1.82) is 5.26 Å². The molecule has 0 saturated carbocycles. The second-order valence-corrected chi connectivity index (χ2v) is 5.60. The number of rotatable bonds is 6. The van der Waals surface area contributed by atoms with Crippen LogP contribution < -0.4 is 5.32 Å². The molecule has 0 spiro atoms. The number of nitriles is 1. The molecule has 1 N–H and O–H groups in total. The average Bonchev–Trinajstić information content (AvgIpc) is 2.59. The van der Waals surface area contributed by atoms with Crippen molar-refractivity contribution in [2.24, 2.45) is 0 Å². The van der Waals surface area contributed by atoms with E-state index in [1.165, 1.54) is 0 Å². The van der Waals surface area contributed by atoms with Crippen molar-refractivity contribution >= 4 is 23.2 Å². The molecule has 0 bridgehead atoms. The van der Waals surface area contributed by atoms with Gasteiger partial charge < -0.3 is 10.2 Å². The lowest BCUT2D eigenvalue weighted by atomic mass is 10.2. The van der Waals surface area contributed by atoms with Crippen molar-refractivity contribution in [3.05, 3.63) is 77.0 Å². The molecule has 2 aromatic rings. The van der Waals surface area contributed by atoms with Gasteiger partial charge in [-0.1, -0.05) is 48.0 Å². The Balaban J connectivity index is 2.11. The molecule has 0 atom stereocenters. The summed E-state index contributed by atoms with van der Waals surface area (Å²) in [4.78, 5) is 14.2. The fraction of sp³-hybridized carbons (Fsp3) is 0.158. The van der Waals surface area contributed by atoms with E-state index in [-0.39, 0.29) is 5.57 Å². The Morgan fingerprint density at radius 1 is 1.25 bits per heavy atom. The SMILES string of the molecule is CCN(/C=C(/C#N)C(=O)Nc1cccc(Cl)c1)Cc1ccccc1. The minimum absolute atomic E-state index is 0.0488. The number of hydrogen-bond donors (Lipinski definition) is 1. The Morgan fingerprint density at radius 2 is 2.00 bits per heavy atom. The highest BCUT2D eigenvalue weighted by molar-refractivity contribution is 6.31. The lowest BCUT2D eigenvalue weighted by molar-refractivity contribution is -0.112. The molecule has 0 saturated heterocycles. The molecular formula is C19H18ClN3O. The Kier molecular flexibility index (Phi) is 6.41. The number of carbonyl (C=O) groups is 1. The summed E-state index contributed by atoms with van der Waals surface area (Å²) in [5.74, 6) is -0.453. The fourth-order valence-corrected chi connectivity index (χ4v) is 2.34. The summed E-state index contributed by atoms with van der Waals surface area (Å²) in [7, 11) is 0. The molecule has 0 aromatic heterocycles. The molecule has 0 radical (unpaired) electrons. The highest BCUT2D eigenvalue weighted by Gasteiger charge is 2.11. The number of halogens is 1. The molecule has 0 aliphatic rings. The van der Waals surface area contributed by atoms with Crippen LogP contribution in [0.5, 0.6) is 0 Å². The predicted octanol–water partition coefficient (Wildman–Crippen LogP) is 4.21. The van der Waals surface area contributed by atoms with Gasteiger partial charge in [0.25, 0.3) is 5.91 Å². The Morgan fingerprint density at radius 3 is 2.62 bits per heavy atom. The van der Waals surface area contributed by atoms with Crippen LogP contribution >= 0.6 is 11.6 Å². The maximum absolute atomic E-state index is 12.3. The van der Waals surface area contributed by atoms with Crippen molar-refractivity contribution in [3.63, 3.8) is 0 Å². The number of anilines is 1. The van der Waals surface area contributed by atoms with E-state index < -0.39 is 5.91 Å². The molecule has 4 nitrogen and oxygen atoms in total. The molecule has 2 rings (SSSR count). The van der Waals surface area contributed by atoms with Crippen LogP contribution in [0.1, 0.15) is 12.5 Å². The molecular weight excluding hydrogens is 322 g/mol. The first-order chi connectivity index (χ1) is 11.6. The molecule has 0 unspecified atom stereocenters. The van der Waals surface area contributed by atoms with E-state index in [0.29, 0.717) is 23.8 Å². The van der Waals surface area contributed by atoms with Gasteiger partial charge in [0, 0.05) is 30.0 Å². The van der Waals surface area contributed by atoms with E-state index in [1.54, 1.807) is 30.5 Å². The lowest BCUT2D eigenvalue weighted by Crippen LogP contribution is -2.21. The van der Waals surface area contributed by atoms with Gasteiger partial charge in [-0.25, -0.2) is 0 Å². The van der Waals surface area contributed by atoms with Crippen LogP contribution in [0.3, 0.4) is 0 Å². The van der Waals surface area contributed by atoms with Gasteiger partial charge in [-0.05, 0) is 30.7 Å². The van der Waals surface area contributed by atoms with Gasteiger partial charge in [0.05, 0.1) is 0 Å². The number of benzene rings is 2. The van der Waals surface area contributed by atoms with Crippen LogP contribution in [0.2, 0.25) is 5.02 Å². The van der Waals surface area contributed by atoms with Crippen molar-refractivity contribution in [3.8, 4) is 6.07 Å². The molecule has 1 amide bonds. The monoisotopic (exact) mass is 339 g/mol. The largest absolute Gasteiger partial charge is 0.372 e. The number of nitrogens with zero attached hydrogens (tertiary/aromatic N) is 2. The van der Waals surface area contributed by atoms with E-state index in [0.717, 1.165) is 5.56 Å². The third-order valence-corrected chi connectivity index (χ3v) is 3.63. The van der Waals surface area contributed by atoms with Gasteiger partial charge in [0.15, 0.2) is 0 Å². The maximum Gasteiger partial charge on any atom is 0.267 e. The Hall–Kier alpha value is -2.77. The second-order valence-electron chi connectivity index (χ2n) is 5.17. The van der Waals surface area contributed by atoms with Crippen LogP contribution in [0.15, 0.2) is 66.4 Å². The zero-order valence-corrected chi connectivity index (χ0v) is 14.1. The summed E-state index contributed by atoms with van der Waals surface area (Å²) in [5, 5.41) is 12.5. The van der Waals surface area contributed by atoms with Gasteiger partial charge in [-0.15, -0.1) is 0 Å². The van der Waals surface area contributed by atoms with Crippen molar-refractivity contribution in [2.45, 2.75) is 13.5 Å². The zero-order chi connectivity index (χ0) is 17.4. The summed E-state index contributed by atoms with van der Waals surface area (Å²) < 4.78 is 0. The summed E-state index contributed by atoms with van der Waals surface area (Å²) in [6.45, 7) is 3.29. The molecule has 0 aliphatic heterocycles. The van der Waals surface area contributed by atoms with Gasteiger partial charge in [-0.2, -0.15) is 5.26 Å². The molecule has 0 fully saturated rings. The summed E-state index contributed by atoms with van der Waals surface area (Å²) in [5.41, 5.74) is 1.72. The standard InChI is InChI=1S/C19H18ClN3O/c1-2-23(13-15-7-4-3-5-8-15)14-16(12-21)19(24)22-18-10-6-9-17(20)11-18/h3-11,14H,2,13H2,1H3,(H,22,24)/b16-14-. The summed E-state index contributed by atoms with van der Waals surface area (Å²) in [6.07, 6.45) is 1.59. The van der Waals surface area contributed by atoms with E-state index >= 15 is 0 Å². The van der Waals surface area contributed by atoms with Crippen molar-refractivity contribution in [2.75, 3.05) is 11.9 Å². The predicted molar refractivity (Wildman–Crippen MR) is 96.3 cm³/mol. The number of hydrogen-bond acceptors (Lipinski definition) is 3. The molecule has 0 heterocycles. The third kappa shape index (κ3) is 5.15. The smallest absolute Gasteiger partial charge is 0.267 e. The number of nitrogens with one attached hydrogen (secondary N) is 1.